The van der Waals surface area contributed by atoms with Crippen LogP contribution in [0.4, 0.5) is 10.1 Å². The fourth-order valence-electron chi connectivity index (χ4n) is 1.62. The second kappa shape index (κ2) is 8.69. The summed E-state index contributed by atoms with van der Waals surface area (Å²) >= 11 is 4.44. The highest BCUT2D eigenvalue weighted by Crippen LogP contribution is 2.19. The molecule has 1 N–H and O–H groups in total. The molecule has 0 aliphatic heterocycles. The molecule has 0 radical (unpaired) electrons. The van der Waals surface area contributed by atoms with Gasteiger partial charge in [0.1, 0.15) is 5.82 Å². The van der Waals surface area contributed by atoms with Crippen LogP contribution in [-0.2, 0) is 14.3 Å². The monoisotopic (exact) mass is 397 g/mol. The molecule has 2 rings (SSSR count). The summed E-state index contributed by atoms with van der Waals surface area (Å²) in [5.74, 6) is -1.57. The van der Waals surface area contributed by atoms with Gasteiger partial charge in [0.25, 0.3) is 5.91 Å². The molecule has 7 heteroatoms. The Kier molecular flexibility index (Phi) is 6.61. The second-order valence-corrected chi connectivity index (χ2v) is 6.40. The number of rotatable bonds is 6. The van der Waals surface area contributed by atoms with Crippen LogP contribution in [-0.4, -0.2) is 24.2 Å². The van der Waals surface area contributed by atoms with Crippen LogP contribution < -0.4 is 5.32 Å². The molecule has 0 aliphatic rings. The molecule has 23 heavy (non-hydrogen) atoms. The lowest BCUT2D eigenvalue weighted by Crippen LogP contribution is -2.22. The van der Waals surface area contributed by atoms with Crippen LogP contribution in [0.1, 0.15) is 0 Å². The first-order valence-electron chi connectivity index (χ1n) is 6.63. The van der Waals surface area contributed by atoms with Crippen molar-refractivity contribution in [3.05, 3.63) is 58.8 Å². The Bertz CT molecular complexity index is 697. The molecular weight excluding hydrogens is 385 g/mol. The molecule has 2 aromatic carbocycles. The van der Waals surface area contributed by atoms with Crippen molar-refractivity contribution in [3.63, 3.8) is 0 Å². The number of esters is 1. The Morgan fingerprint density at radius 2 is 1.91 bits per heavy atom. The summed E-state index contributed by atoms with van der Waals surface area (Å²) < 4.78 is 19.0. The molecule has 1 amide bonds. The topological polar surface area (TPSA) is 55.4 Å². The molecule has 0 bridgehead atoms. The molecule has 0 saturated heterocycles. The number of hydrogen-bond acceptors (Lipinski definition) is 4. The fourth-order valence-corrected chi connectivity index (χ4v) is 2.67. The van der Waals surface area contributed by atoms with E-state index in [1.54, 1.807) is 6.07 Å². The zero-order valence-electron chi connectivity index (χ0n) is 11.9. The fraction of sp³-hybridized carbons (Fsp3) is 0.125. The minimum absolute atomic E-state index is 0.0351. The van der Waals surface area contributed by atoms with Gasteiger partial charge in [-0.3, -0.25) is 9.59 Å². The largest absolute Gasteiger partial charge is 0.455 e. The van der Waals surface area contributed by atoms with Crippen molar-refractivity contribution >= 4 is 45.3 Å². The summed E-state index contributed by atoms with van der Waals surface area (Å²) in [6.45, 7) is -0.455. The van der Waals surface area contributed by atoms with E-state index in [2.05, 4.69) is 21.2 Å². The van der Waals surface area contributed by atoms with Gasteiger partial charge in [-0.25, -0.2) is 4.39 Å². The normalized spacial score (nSPS) is 10.2. The number of carbonyl (C=O) groups excluding carboxylic acids is 2. The van der Waals surface area contributed by atoms with E-state index in [9.17, 15) is 14.0 Å². The number of nitrogens with one attached hydrogen (secondary N) is 1. The van der Waals surface area contributed by atoms with E-state index in [0.29, 0.717) is 4.47 Å². The third-order valence-electron chi connectivity index (χ3n) is 2.67. The van der Waals surface area contributed by atoms with E-state index in [4.69, 9.17) is 4.74 Å². The average Bonchev–Trinajstić information content (AvgIpc) is 2.54. The van der Waals surface area contributed by atoms with E-state index in [1.807, 2.05) is 30.3 Å². The Morgan fingerprint density at radius 3 is 2.61 bits per heavy atom. The van der Waals surface area contributed by atoms with Gasteiger partial charge >= 0.3 is 5.97 Å². The summed E-state index contributed by atoms with van der Waals surface area (Å²) in [4.78, 5) is 24.2. The van der Waals surface area contributed by atoms with Crippen molar-refractivity contribution in [3.8, 4) is 0 Å². The van der Waals surface area contributed by atoms with Crippen LogP contribution in [0.15, 0.2) is 57.9 Å². The Labute approximate surface area is 145 Å². The lowest BCUT2D eigenvalue weighted by Gasteiger charge is -2.07. The predicted octanol–water partition coefficient (Wildman–Crippen LogP) is 3.86. The Balaban J connectivity index is 1.74. The van der Waals surface area contributed by atoms with Crippen molar-refractivity contribution in [2.45, 2.75) is 4.90 Å². The van der Waals surface area contributed by atoms with Crippen LogP contribution in [0.3, 0.4) is 0 Å². The van der Waals surface area contributed by atoms with Crippen LogP contribution in [0.25, 0.3) is 0 Å². The Morgan fingerprint density at radius 1 is 1.17 bits per heavy atom. The molecule has 0 unspecified atom stereocenters. The maximum Gasteiger partial charge on any atom is 0.316 e. The zero-order valence-corrected chi connectivity index (χ0v) is 14.3. The smallest absolute Gasteiger partial charge is 0.316 e. The summed E-state index contributed by atoms with van der Waals surface area (Å²) in [6.07, 6.45) is 0. The predicted molar refractivity (Wildman–Crippen MR) is 90.9 cm³/mol. The molecule has 0 atom stereocenters. The third kappa shape index (κ3) is 6.03. The SMILES string of the molecule is O=C(COC(=O)CSc1ccccc1)Nc1ccc(Br)cc1F. The molecule has 0 saturated carbocycles. The number of hydrogen-bond donors (Lipinski definition) is 1. The maximum atomic E-state index is 13.6. The van der Waals surface area contributed by atoms with E-state index in [0.717, 1.165) is 4.90 Å². The van der Waals surface area contributed by atoms with Crippen LogP contribution in [0.2, 0.25) is 0 Å². The second-order valence-electron chi connectivity index (χ2n) is 4.43. The first-order chi connectivity index (χ1) is 11.0. The van der Waals surface area contributed by atoms with E-state index in [-0.39, 0.29) is 11.4 Å². The first kappa shape index (κ1) is 17.5. The minimum atomic E-state index is -0.593. The highest BCUT2D eigenvalue weighted by atomic mass is 79.9. The molecule has 2 aromatic rings. The van der Waals surface area contributed by atoms with Crippen molar-refractivity contribution in [1.29, 1.82) is 0 Å². The van der Waals surface area contributed by atoms with Crippen LogP contribution in [0.5, 0.6) is 0 Å². The minimum Gasteiger partial charge on any atom is -0.455 e. The van der Waals surface area contributed by atoms with E-state index >= 15 is 0 Å². The molecule has 0 spiro atoms. The molecule has 4 nitrogen and oxygen atoms in total. The quantitative estimate of drug-likeness (QED) is 0.593. The van der Waals surface area contributed by atoms with Crippen LogP contribution in [0, 0.1) is 5.82 Å². The van der Waals surface area contributed by atoms with Crippen molar-refractivity contribution in [1.82, 2.24) is 0 Å². The number of halogens is 2. The Hall–Kier alpha value is -1.86. The molecular formula is C16H13BrFNO3S. The van der Waals surface area contributed by atoms with Gasteiger partial charge in [-0.2, -0.15) is 0 Å². The number of carbonyl (C=O) groups is 2. The number of ether oxygens (including phenoxy) is 1. The number of amides is 1. The molecule has 0 aliphatic carbocycles. The van der Waals surface area contributed by atoms with Gasteiger partial charge in [-0.05, 0) is 30.3 Å². The van der Waals surface area contributed by atoms with E-state index in [1.165, 1.54) is 23.9 Å². The van der Waals surface area contributed by atoms with Crippen molar-refractivity contribution in [2.24, 2.45) is 0 Å². The molecule has 0 heterocycles. The van der Waals surface area contributed by atoms with Gasteiger partial charge < -0.3 is 10.1 Å². The van der Waals surface area contributed by atoms with Crippen molar-refractivity contribution in [2.75, 3.05) is 17.7 Å². The van der Waals surface area contributed by atoms with Gasteiger partial charge in [-0.1, -0.05) is 34.1 Å². The summed E-state index contributed by atoms with van der Waals surface area (Å²) in [6, 6.07) is 13.6. The summed E-state index contributed by atoms with van der Waals surface area (Å²) in [7, 11) is 0. The van der Waals surface area contributed by atoms with Crippen molar-refractivity contribution < 1.29 is 18.7 Å². The average molecular weight is 398 g/mol. The summed E-state index contributed by atoms with van der Waals surface area (Å²) in [5.41, 5.74) is 0.0351. The van der Waals surface area contributed by atoms with Gasteiger partial charge in [0.15, 0.2) is 6.61 Å². The molecule has 0 aromatic heterocycles. The maximum absolute atomic E-state index is 13.6. The number of anilines is 1. The van der Waals surface area contributed by atoms with E-state index < -0.39 is 24.3 Å². The first-order valence-corrected chi connectivity index (χ1v) is 8.41. The lowest BCUT2D eigenvalue weighted by atomic mass is 10.3. The van der Waals surface area contributed by atoms with Gasteiger partial charge in [0.05, 0.1) is 11.4 Å². The highest BCUT2D eigenvalue weighted by molar-refractivity contribution is 9.10. The summed E-state index contributed by atoms with van der Waals surface area (Å²) in [5, 5.41) is 2.35. The highest BCUT2D eigenvalue weighted by Gasteiger charge is 2.11. The van der Waals surface area contributed by atoms with Gasteiger partial charge in [0, 0.05) is 9.37 Å². The lowest BCUT2D eigenvalue weighted by molar-refractivity contribution is -0.144. The molecule has 0 fully saturated rings. The molecule has 120 valence electrons. The number of benzene rings is 2. The van der Waals surface area contributed by atoms with Gasteiger partial charge in [-0.15, -0.1) is 11.8 Å². The van der Waals surface area contributed by atoms with Crippen LogP contribution >= 0.6 is 27.7 Å². The van der Waals surface area contributed by atoms with Gasteiger partial charge in [0.2, 0.25) is 0 Å². The third-order valence-corrected chi connectivity index (χ3v) is 4.15. The zero-order chi connectivity index (χ0) is 16.7. The standard InChI is InChI=1S/C16H13BrFNO3S/c17-11-6-7-14(13(18)8-11)19-15(20)9-22-16(21)10-23-12-4-2-1-3-5-12/h1-8H,9-10H2,(H,19,20). The number of thioether (sulfide) groups is 1.